The van der Waals surface area contributed by atoms with Crippen LogP contribution in [0, 0.1) is 5.82 Å². The zero-order valence-corrected chi connectivity index (χ0v) is 19.5. The zero-order valence-electron chi connectivity index (χ0n) is 19.5. The molecule has 35 heavy (non-hydrogen) atoms. The van der Waals surface area contributed by atoms with Crippen molar-refractivity contribution in [2.45, 2.75) is 12.5 Å². The van der Waals surface area contributed by atoms with Crippen molar-refractivity contribution in [1.29, 1.82) is 0 Å². The van der Waals surface area contributed by atoms with Gasteiger partial charge in [0.15, 0.2) is 0 Å². The summed E-state index contributed by atoms with van der Waals surface area (Å²) in [6.45, 7) is 0.605. The lowest BCUT2D eigenvalue weighted by molar-refractivity contribution is 0.0753. The highest BCUT2D eigenvalue weighted by Crippen LogP contribution is 2.46. The summed E-state index contributed by atoms with van der Waals surface area (Å²) >= 11 is 0. The number of carbonyl (C=O) groups is 1. The number of para-hydroxylation sites is 1. The molecule has 0 saturated carbocycles. The second-order valence-corrected chi connectivity index (χ2v) is 9.07. The van der Waals surface area contributed by atoms with E-state index in [0.717, 1.165) is 45.3 Å². The molecule has 4 heteroatoms. The molecule has 0 spiro atoms. The van der Waals surface area contributed by atoms with E-state index in [-0.39, 0.29) is 17.8 Å². The lowest BCUT2D eigenvalue weighted by Crippen LogP contribution is -2.31. The molecule has 0 unspecified atom stereocenters. The van der Waals surface area contributed by atoms with Gasteiger partial charge in [0.1, 0.15) is 5.82 Å². The van der Waals surface area contributed by atoms with Crippen molar-refractivity contribution in [3.63, 3.8) is 0 Å². The highest BCUT2D eigenvalue weighted by Gasteiger charge is 2.40. The largest absolute Gasteiger partial charge is 0.343 e. The van der Waals surface area contributed by atoms with E-state index in [1.165, 1.54) is 17.7 Å². The normalized spacial score (nSPS) is 15.1. The van der Waals surface area contributed by atoms with Gasteiger partial charge < -0.3 is 9.47 Å². The van der Waals surface area contributed by atoms with Gasteiger partial charge in [0.25, 0.3) is 5.91 Å². The fraction of sp³-hybridized carbons (Fsp3) is 0.129. The van der Waals surface area contributed by atoms with E-state index in [9.17, 15) is 9.18 Å². The van der Waals surface area contributed by atoms with Crippen LogP contribution in [0.5, 0.6) is 0 Å². The smallest absolute Gasteiger partial charge is 0.255 e. The molecule has 1 atom stereocenters. The first-order valence-corrected chi connectivity index (χ1v) is 11.9. The molecule has 4 aromatic carbocycles. The average Bonchev–Trinajstić information content (AvgIpc) is 3.34. The molecule has 1 aromatic heterocycles. The van der Waals surface area contributed by atoms with Gasteiger partial charge in [0, 0.05) is 35.6 Å². The van der Waals surface area contributed by atoms with Crippen molar-refractivity contribution in [3.8, 4) is 11.3 Å². The summed E-state index contributed by atoms with van der Waals surface area (Å²) < 4.78 is 16.0. The summed E-state index contributed by atoms with van der Waals surface area (Å²) in [4.78, 5) is 15.7. The first kappa shape index (κ1) is 21.4. The Hall–Kier alpha value is -4.18. The Morgan fingerprint density at radius 3 is 2.29 bits per heavy atom. The molecule has 1 amide bonds. The van der Waals surface area contributed by atoms with Crippen molar-refractivity contribution >= 4 is 16.8 Å². The number of benzene rings is 4. The molecule has 172 valence electrons. The van der Waals surface area contributed by atoms with Crippen molar-refractivity contribution in [3.05, 3.63) is 131 Å². The summed E-state index contributed by atoms with van der Waals surface area (Å²) in [6.07, 6.45) is 0.772. The molecule has 0 N–H and O–H groups in total. The van der Waals surface area contributed by atoms with Gasteiger partial charge in [0.2, 0.25) is 0 Å². The SMILES string of the molecule is Cn1c(-c2ccc(F)cc2)c([C@H]2c3ccccc3C(=O)N2CCc2ccccc2)c2ccccc21. The second kappa shape index (κ2) is 8.55. The van der Waals surface area contributed by atoms with Crippen LogP contribution in [0.3, 0.4) is 0 Å². The summed E-state index contributed by atoms with van der Waals surface area (Å²) in [7, 11) is 2.04. The number of aryl methyl sites for hydroxylation is 1. The third-order valence-electron chi connectivity index (χ3n) is 7.08. The van der Waals surface area contributed by atoms with Gasteiger partial charge in [-0.15, -0.1) is 0 Å². The predicted molar refractivity (Wildman–Crippen MR) is 138 cm³/mol. The van der Waals surface area contributed by atoms with Crippen LogP contribution < -0.4 is 0 Å². The number of rotatable bonds is 5. The van der Waals surface area contributed by atoms with Gasteiger partial charge in [-0.05, 0) is 59.5 Å². The standard InChI is InChI=1S/C31H25FN2O/c1-33-27-14-8-7-13-26(27)28(29(33)22-15-17-23(32)18-16-22)30-24-11-5-6-12-25(24)31(35)34(30)20-19-21-9-3-2-4-10-21/h2-18,30H,19-20H2,1H3/t30-/m1/s1. The number of aromatic nitrogens is 1. The fourth-order valence-corrected chi connectivity index (χ4v) is 5.46. The third kappa shape index (κ3) is 3.53. The Balaban J connectivity index is 1.56. The van der Waals surface area contributed by atoms with Crippen LogP contribution in [0.4, 0.5) is 4.39 Å². The summed E-state index contributed by atoms with van der Waals surface area (Å²) in [6, 6.07) is 32.9. The van der Waals surface area contributed by atoms with E-state index in [4.69, 9.17) is 0 Å². The molecule has 0 fully saturated rings. The number of hydrogen-bond acceptors (Lipinski definition) is 1. The highest BCUT2D eigenvalue weighted by atomic mass is 19.1. The zero-order chi connectivity index (χ0) is 23.9. The van der Waals surface area contributed by atoms with E-state index in [1.54, 1.807) is 0 Å². The van der Waals surface area contributed by atoms with E-state index in [2.05, 4.69) is 34.9 Å². The third-order valence-corrected chi connectivity index (χ3v) is 7.08. The second-order valence-electron chi connectivity index (χ2n) is 9.07. The topological polar surface area (TPSA) is 25.2 Å². The molecule has 1 aliphatic heterocycles. The van der Waals surface area contributed by atoms with E-state index >= 15 is 0 Å². The Kier molecular flexibility index (Phi) is 5.22. The summed E-state index contributed by atoms with van der Waals surface area (Å²) in [5.41, 5.74) is 7.08. The molecule has 5 aromatic rings. The number of fused-ring (bicyclic) bond motifs is 2. The lowest BCUT2D eigenvalue weighted by Gasteiger charge is -2.27. The minimum Gasteiger partial charge on any atom is -0.343 e. The van der Waals surface area contributed by atoms with Gasteiger partial charge >= 0.3 is 0 Å². The van der Waals surface area contributed by atoms with Crippen molar-refractivity contribution in [1.82, 2.24) is 9.47 Å². The maximum atomic E-state index is 13.8. The summed E-state index contributed by atoms with van der Waals surface area (Å²) in [5.74, 6) is -0.209. The van der Waals surface area contributed by atoms with E-state index in [0.29, 0.717) is 6.54 Å². The van der Waals surface area contributed by atoms with E-state index < -0.39 is 0 Å². The number of nitrogens with zero attached hydrogens (tertiary/aromatic N) is 2. The maximum Gasteiger partial charge on any atom is 0.255 e. The number of carbonyl (C=O) groups excluding carboxylic acids is 1. The van der Waals surface area contributed by atoms with Gasteiger partial charge in [-0.3, -0.25) is 4.79 Å². The molecule has 0 saturated heterocycles. The Bertz CT molecular complexity index is 1540. The van der Waals surface area contributed by atoms with Crippen molar-refractivity contribution < 1.29 is 9.18 Å². The molecule has 6 rings (SSSR count). The van der Waals surface area contributed by atoms with Gasteiger partial charge in [-0.25, -0.2) is 4.39 Å². The molecule has 0 aliphatic carbocycles. The van der Waals surface area contributed by atoms with Crippen LogP contribution >= 0.6 is 0 Å². The number of hydrogen-bond donors (Lipinski definition) is 0. The van der Waals surface area contributed by atoms with Crippen LogP contribution in [0.2, 0.25) is 0 Å². The van der Waals surface area contributed by atoms with Crippen LogP contribution in [-0.2, 0) is 13.5 Å². The van der Waals surface area contributed by atoms with Gasteiger partial charge in [0.05, 0.1) is 11.7 Å². The minimum absolute atomic E-state index is 0.0551. The van der Waals surface area contributed by atoms with Crippen LogP contribution in [0.15, 0.2) is 103 Å². The average molecular weight is 461 g/mol. The Labute approximate surface area is 204 Å². The first-order chi connectivity index (χ1) is 17.1. The molecular weight excluding hydrogens is 435 g/mol. The molecule has 2 heterocycles. The van der Waals surface area contributed by atoms with Gasteiger partial charge in [-0.1, -0.05) is 66.7 Å². The Morgan fingerprint density at radius 2 is 1.49 bits per heavy atom. The molecular formula is C31H25FN2O. The quantitative estimate of drug-likeness (QED) is 0.284. The summed E-state index contributed by atoms with van der Waals surface area (Å²) in [5, 5.41) is 1.11. The minimum atomic E-state index is -0.264. The maximum absolute atomic E-state index is 13.8. The monoisotopic (exact) mass is 460 g/mol. The van der Waals surface area contributed by atoms with E-state index in [1.807, 2.05) is 72.6 Å². The molecule has 0 radical (unpaired) electrons. The fourth-order valence-electron chi connectivity index (χ4n) is 5.46. The predicted octanol–water partition coefficient (Wildman–Crippen LogP) is 6.77. The molecule has 0 bridgehead atoms. The number of amides is 1. The van der Waals surface area contributed by atoms with Gasteiger partial charge in [-0.2, -0.15) is 0 Å². The lowest BCUT2D eigenvalue weighted by atomic mass is 9.93. The van der Waals surface area contributed by atoms with Crippen molar-refractivity contribution in [2.24, 2.45) is 7.05 Å². The van der Waals surface area contributed by atoms with Crippen LogP contribution in [-0.4, -0.2) is 21.9 Å². The van der Waals surface area contributed by atoms with Crippen LogP contribution in [0.25, 0.3) is 22.2 Å². The Morgan fingerprint density at radius 1 is 0.800 bits per heavy atom. The molecule has 1 aliphatic rings. The van der Waals surface area contributed by atoms with Crippen molar-refractivity contribution in [2.75, 3.05) is 6.54 Å². The number of halogens is 1. The molecule has 3 nitrogen and oxygen atoms in total. The van der Waals surface area contributed by atoms with Crippen LogP contribution in [0.1, 0.15) is 33.1 Å². The first-order valence-electron chi connectivity index (χ1n) is 11.9. The highest BCUT2D eigenvalue weighted by molar-refractivity contribution is 6.02.